The first-order valence-electron chi connectivity index (χ1n) is 7.10. The number of hydrogen-bond donors (Lipinski definition) is 2. The van der Waals surface area contributed by atoms with E-state index < -0.39 is 0 Å². The largest absolute Gasteiger partial charge is 0.352 e. The Hall–Kier alpha value is -1.10. The highest BCUT2D eigenvalue weighted by Gasteiger charge is 2.15. The number of carbonyl (C=O) groups is 1. The molecule has 1 atom stereocenters. The van der Waals surface area contributed by atoms with Gasteiger partial charge in [-0.3, -0.25) is 9.69 Å². The van der Waals surface area contributed by atoms with E-state index in [9.17, 15) is 4.79 Å². The molecule has 1 unspecified atom stereocenters. The fourth-order valence-electron chi connectivity index (χ4n) is 2.46. The van der Waals surface area contributed by atoms with Crippen LogP contribution in [0, 0.1) is 0 Å². The lowest BCUT2D eigenvalue weighted by atomic mass is 10.1. The van der Waals surface area contributed by atoms with E-state index >= 15 is 0 Å². The van der Waals surface area contributed by atoms with E-state index in [1.807, 2.05) is 31.2 Å². The van der Waals surface area contributed by atoms with Crippen molar-refractivity contribution >= 4 is 17.5 Å². The van der Waals surface area contributed by atoms with Crippen LogP contribution in [0.1, 0.15) is 12.5 Å². The first-order valence-corrected chi connectivity index (χ1v) is 7.48. The van der Waals surface area contributed by atoms with Gasteiger partial charge < -0.3 is 10.6 Å². The zero-order valence-electron chi connectivity index (χ0n) is 11.9. The van der Waals surface area contributed by atoms with Crippen molar-refractivity contribution in [2.45, 2.75) is 19.4 Å². The minimum Gasteiger partial charge on any atom is -0.352 e. The topological polar surface area (TPSA) is 44.4 Å². The molecule has 1 amide bonds. The maximum Gasteiger partial charge on any atom is 0.234 e. The van der Waals surface area contributed by atoms with Crippen molar-refractivity contribution < 1.29 is 4.79 Å². The van der Waals surface area contributed by atoms with Gasteiger partial charge in [-0.05, 0) is 31.0 Å². The highest BCUT2D eigenvalue weighted by molar-refractivity contribution is 6.30. The molecular weight excluding hydrogens is 274 g/mol. The number of rotatable bonds is 5. The van der Waals surface area contributed by atoms with Crippen LogP contribution in [0.3, 0.4) is 0 Å². The Kier molecular flexibility index (Phi) is 5.83. The molecule has 1 aromatic rings. The third kappa shape index (κ3) is 5.12. The number of hydrogen-bond acceptors (Lipinski definition) is 3. The number of carbonyl (C=O) groups excluding carboxylic acids is 1. The van der Waals surface area contributed by atoms with Gasteiger partial charge in [-0.2, -0.15) is 0 Å². The predicted molar refractivity (Wildman–Crippen MR) is 82.1 cm³/mol. The van der Waals surface area contributed by atoms with Crippen molar-refractivity contribution in [2.75, 3.05) is 32.7 Å². The van der Waals surface area contributed by atoms with Gasteiger partial charge in [0.1, 0.15) is 0 Å². The van der Waals surface area contributed by atoms with E-state index in [-0.39, 0.29) is 11.9 Å². The molecule has 0 saturated carbocycles. The van der Waals surface area contributed by atoms with Crippen LogP contribution in [0.5, 0.6) is 0 Å². The summed E-state index contributed by atoms with van der Waals surface area (Å²) in [5, 5.41) is 7.07. The normalized spacial score (nSPS) is 17.7. The lowest BCUT2D eigenvalue weighted by Gasteiger charge is -2.27. The molecular formula is C15H22ClN3O. The summed E-state index contributed by atoms with van der Waals surface area (Å²) in [6.07, 6.45) is 0.799. The van der Waals surface area contributed by atoms with Crippen molar-refractivity contribution in [3.8, 4) is 0 Å². The number of halogens is 1. The summed E-state index contributed by atoms with van der Waals surface area (Å²) in [7, 11) is 0. The van der Waals surface area contributed by atoms with Gasteiger partial charge in [0.2, 0.25) is 5.91 Å². The lowest BCUT2D eigenvalue weighted by molar-refractivity contribution is -0.122. The second-order valence-electron chi connectivity index (χ2n) is 5.33. The monoisotopic (exact) mass is 295 g/mol. The van der Waals surface area contributed by atoms with Crippen molar-refractivity contribution in [1.29, 1.82) is 0 Å². The van der Waals surface area contributed by atoms with Crippen LogP contribution in [0.15, 0.2) is 24.3 Å². The van der Waals surface area contributed by atoms with E-state index in [0.717, 1.165) is 43.2 Å². The number of benzene rings is 1. The van der Waals surface area contributed by atoms with Gasteiger partial charge in [-0.1, -0.05) is 23.7 Å². The average Bonchev–Trinajstić information content (AvgIpc) is 2.39. The molecule has 1 aromatic carbocycles. The molecule has 1 heterocycles. The Morgan fingerprint density at radius 1 is 1.45 bits per heavy atom. The van der Waals surface area contributed by atoms with Crippen LogP contribution in [0.4, 0.5) is 0 Å². The van der Waals surface area contributed by atoms with Gasteiger partial charge in [0.05, 0.1) is 6.54 Å². The van der Waals surface area contributed by atoms with Gasteiger partial charge in [0.15, 0.2) is 0 Å². The number of amides is 1. The summed E-state index contributed by atoms with van der Waals surface area (Å²) in [4.78, 5) is 14.2. The van der Waals surface area contributed by atoms with Crippen molar-refractivity contribution in [1.82, 2.24) is 15.5 Å². The Bertz CT molecular complexity index is 446. The van der Waals surface area contributed by atoms with Crippen molar-refractivity contribution in [3.63, 3.8) is 0 Å². The summed E-state index contributed by atoms with van der Waals surface area (Å²) >= 11 is 5.96. The standard InChI is InChI=1S/C15H22ClN3O/c1-12(9-13-3-2-4-14(16)10-13)18-15(20)11-19-7-5-17-6-8-19/h2-4,10,12,17H,5-9,11H2,1H3,(H,18,20). The molecule has 2 rings (SSSR count). The average molecular weight is 296 g/mol. The quantitative estimate of drug-likeness (QED) is 0.860. The molecule has 0 spiro atoms. The van der Waals surface area contributed by atoms with E-state index in [4.69, 9.17) is 11.6 Å². The summed E-state index contributed by atoms with van der Waals surface area (Å²) < 4.78 is 0. The fourth-order valence-corrected chi connectivity index (χ4v) is 2.67. The number of nitrogens with zero attached hydrogens (tertiary/aromatic N) is 1. The highest BCUT2D eigenvalue weighted by Crippen LogP contribution is 2.12. The Balaban J connectivity index is 1.75. The third-order valence-corrected chi connectivity index (χ3v) is 3.65. The van der Waals surface area contributed by atoms with Crippen molar-refractivity contribution in [2.24, 2.45) is 0 Å². The first-order chi connectivity index (χ1) is 9.63. The molecule has 2 N–H and O–H groups in total. The molecule has 1 saturated heterocycles. The molecule has 0 aliphatic carbocycles. The van der Waals surface area contributed by atoms with Crippen LogP contribution < -0.4 is 10.6 Å². The molecule has 1 fully saturated rings. The van der Waals surface area contributed by atoms with E-state index in [2.05, 4.69) is 15.5 Å². The third-order valence-electron chi connectivity index (χ3n) is 3.42. The Labute approximate surface area is 125 Å². The molecule has 20 heavy (non-hydrogen) atoms. The van der Waals surface area contributed by atoms with Crippen LogP contribution in [0.2, 0.25) is 5.02 Å². The molecule has 0 bridgehead atoms. The Morgan fingerprint density at radius 2 is 2.20 bits per heavy atom. The first kappa shape index (κ1) is 15.3. The summed E-state index contributed by atoms with van der Waals surface area (Å²) in [6, 6.07) is 7.89. The molecule has 5 heteroatoms. The van der Waals surface area contributed by atoms with Crippen LogP contribution >= 0.6 is 11.6 Å². The summed E-state index contributed by atoms with van der Waals surface area (Å²) in [6.45, 7) is 6.32. The maximum atomic E-state index is 12.0. The van der Waals surface area contributed by atoms with Crippen LogP contribution in [-0.2, 0) is 11.2 Å². The smallest absolute Gasteiger partial charge is 0.234 e. The van der Waals surface area contributed by atoms with Crippen LogP contribution in [-0.4, -0.2) is 49.6 Å². The number of piperazine rings is 1. The van der Waals surface area contributed by atoms with Gasteiger partial charge in [-0.15, -0.1) is 0 Å². The molecule has 0 radical (unpaired) electrons. The van der Waals surface area contributed by atoms with E-state index in [1.165, 1.54) is 0 Å². The molecule has 110 valence electrons. The second kappa shape index (κ2) is 7.62. The van der Waals surface area contributed by atoms with Gasteiger partial charge in [0.25, 0.3) is 0 Å². The van der Waals surface area contributed by atoms with E-state index in [1.54, 1.807) is 0 Å². The predicted octanol–water partition coefficient (Wildman–Crippen LogP) is 1.29. The molecule has 1 aliphatic rings. The fraction of sp³-hybridized carbons (Fsp3) is 0.533. The van der Waals surface area contributed by atoms with Gasteiger partial charge in [0, 0.05) is 37.2 Å². The minimum absolute atomic E-state index is 0.0985. The van der Waals surface area contributed by atoms with Crippen LogP contribution in [0.25, 0.3) is 0 Å². The van der Waals surface area contributed by atoms with Gasteiger partial charge >= 0.3 is 0 Å². The van der Waals surface area contributed by atoms with E-state index in [0.29, 0.717) is 6.54 Å². The second-order valence-corrected chi connectivity index (χ2v) is 5.77. The SMILES string of the molecule is CC(Cc1cccc(Cl)c1)NC(=O)CN1CCNCC1. The maximum absolute atomic E-state index is 12.0. The molecule has 1 aliphatic heterocycles. The lowest BCUT2D eigenvalue weighted by Crippen LogP contribution is -2.48. The zero-order chi connectivity index (χ0) is 14.4. The van der Waals surface area contributed by atoms with Crippen molar-refractivity contribution in [3.05, 3.63) is 34.9 Å². The number of nitrogens with one attached hydrogen (secondary N) is 2. The summed E-state index contributed by atoms with van der Waals surface area (Å²) in [5.74, 6) is 0.0985. The molecule has 0 aromatic heterocycles. The molecule has 4 nitrogen and oxygen atoms in total. The Morgan fingerprint density at radius 3 is 2.90 bits per heavy atom. The zero-order valence-corrected chi connectivity index (χ0v) is 12.6. The highest BCUT2D eigenvalue weighted by atomic mass is 35.5. The van der Waals surface area contributed by atoms with Gasteiger partial charge in [-0.25, -0.2) is 0 Å². The summed E-state index contributed by atoms with van der Waals surface area (Å²) in [5.41, 5.74) is 1.15. The minimum atomic E-state index is 0.0985.